The van der Waals surface area contributed by atoms with Crippen LogP contribution in [0, 0.1) is 6.92 Å². The Kier molecular flexibility index (Phi) is 4.48. The Hall–Kier alpha value is -3.02. The first kappa shape index (κ1) is 16.4. The predicted molar refractivity (Wildman–Crippen MR) is 98.4 cm³/mol. The van der Waals surface area contributed by atoms with Crippen LogP contribution in [0.1, 0.15) is 47.2 Å². The van der Waals surface area contributed by atoms with E-state index in [4.69, 9.17) is 0 Å². The number of nitrogens with one attached hydrogen (secondary N) is 1. The summed E-state index contributed by atoms with van der Waals surface area (Å²) in [5.41, 5.74) is 2.36. The molecule has 1 saturated heterocycles. The van der Waals surface area contributed by atoms with Crippen LogP contribution in [0.3, 0.4) is 0 Å². The Balaban J connectivity index is 1.69. The third-order valence-electron chi connectivity index (χ3n) is 4.72. The number of piperidine rings is 1. The van der Waals surface area contributed by atoms with Gasteiger partial charge in [-0.3, -0.25) is 4.79 Å². The Morgan fingerprint density at radius 1 is 1.19 bits per heavy atom. The number of carbonyl (C=O) groups is 1. The zero-order chi connectivity index (χ0) is 17.9. The summed E-state index contributed by atoms with van der Waals surface area (Å²) in [4.78, 5) is 31.5. The molecule has 6 nitrogen and oxygen atoms in total. The maximum absolute atomic E-state index is 13.0. The number of rotatable bonds is 3. The normalized spacial score (nSPS) is 17.3. The first-order valence-electron chi connectivity index (χ1n) is 8.94. The average Bonchev–Trinajstić information content (AvgIpc) is 3.22. The Labute approximate surface area is 152 Å². The molecule has 3 aromatic rings. The summed E-state index contributed by atoms with van der Waals surface area (Å²) in [7, 11) is 0. The molecule has 1 aliphatic heterocycles. The van der Waals surface area contributed by atoms with E-state index in [-0.39, 0.29) is 11.9 Å². The fourth-order valence-electron chi connectivity index (χ4n) is 3.52. The highest BCUT2D eigenvalue weighted by Gasteiger charge is 2.30. The molecule has 1 atom stereocenters. The van der Waals surface area contributed by atoms with E-state index < -0.39 is 0 Å². The molecule has 4 rings (SSSR count). The highest BCUT2D eigenvalue weighted by atomic mass is 16.2. The van der Waals surface area contributed by atoms with Gasteiger partial charge in [-0.05, 0) is 44.4 Å². The lowest BCUT2D eigenvalue weighted by atomic mass is 9.97. The van der Waals surface area contributed by atoms with Crippen molar-refractivity contribution in [3.05, 3.63) is 65.9 Å². The van der Waals surface area contributed by atoms with Gasteiger partial charge in [0, 0.05) is 24.5 Å². The molecule has 0 spiro atoms. The SMILES string of the molecule is Cc1nc(-c2ncc[nH]2)cc([C@@H]2CCCCN2C(=O)c2ccccc2)n1. The molecule has 0 unspecified atom stereocenters. The first-order valence-corrected chi connectivity index (χ1v) is 8.94. The summed E-state index contributed by atoms with van der Waals surface area (Å²) in [5.74, 6) is 1.46. The fourth-order valence-corrected chi connectivity index (χ4v) is 3.52. The summed E-state index contributed by atoms with van der Waals surface area (Å²) < 4.78 is 0. The minimum atomic E-state index is -0.0353. The van der Waals surface area contributed by atoms with Crippen LogP contribution < -0.4 is 0 Å². The monoisotopic (exact) mass is 347 g/mol. The first-order chi connectivity index (χ1) is 12.7. The van der Waals surface area contributed by atoms with Gasteiger partial charge in [-0.15, -0.1) is 0 Å². The number of nitrogens with zero attached hydrogens (tertiary/aromatic N) is 4. The Morgan fingerprint density at radius 3 is 2.81 bits per heavy atom. The van der Waals surface area contributed by atoms with E-state index in [0.29, 0.717) is 11.6 Å². The van der Waals surface area contributed by atoms with Crippen LogP contribution in [0.2, 0.25) is 0 Å². The maximum atomic E-state index is 13.0. The summed E-state index contributed by atoms with van der Waals surface area (Å²) in [5, 5.41) is 0. The topological polar surface area (TPSA) is 74.8 Å². The Bertz CT molecular complexity index is 892. The molecule has 1 fully saturated rings. The van der Waals surface area contributed by atoms with Crippen LogP contribution in [-0.4, -0.2) is 37.3 Å². The second kappa shape index (κ2) is 7.07. The van der Waals surface area contributed by atoms with Crippen LogP contribution in [0.5, 0.6) is 0 Å². The molecule has 0 bridgehead atoms. The van der Waals surface area contributed by atoms with Gasteiger partial charge >= 0.3 is 0 Å². The lowest BCUT2D eigenvalue weighted by molar-refractivity contribution is 0.0605. The number of amides is 1. The van der Waals surface area contributed by atoms with Crippen molar-refractivity contribution in [3.8, 4) is 11.5 Å². The van der Waals surface area contributed by atoms with Crippen molar-refractivity contribution in [2.75, 3.05) is 6.54 Å². The summed E-state index contributed by atoms with van der Waals surface area (Å²) in [6.07, 6.45) is 6.50. The smallest absolute Gasteiger partial charge is 0.254 e. The molecule has 0 saturated carbocycles. The van der Waals surface area contributed by atoms with Crippen molar-refractivity contribution in [2.45, 2.75) is 32.2 Å². The van der Waals surface area contributed by atoms with E-state index in [1.807, 2.05) is 48.2 Å². The van der Waals surface area contributed by atoms with Crippen LogP contribution in [0.4, 0.5) is 0 Å². The van der Waals surface area contributed by atoms with E-state index in [0.717, 1.165) is 42.8 Å². The molecule has 0 aliphatic carbocycles. The molecule has 2 aromatic heterocycles. The number of H-pyrrole nitrogens is 1. The average molecular weight is 347 g/mol. The molecule has 132 valence electrons. The van der Waals surface area contributed by atoms with Gasteiger partial charge in [-0.25, -0.2) is 15.0 Å². The minimum absolute atomic E-state index is 0.0353. The lowest BCUT2D eigenvalue weighted by Gasteiger charge is -2.35. The third-order valence-corrected chi connectivity index (χ3v) is 4.72. The fraction of sp³-hybridized carbons (Fsp3) is 0.300. The number of imidazole rings is 1. The number of hydrogen-bond acceptors (Lipinski definition) is 4. The standard InChI is InChI=1S/C20H21N5O/c1-14-23-16(13-17(24-14)19-21-10-11-22-19)18-9-5-6-12-25(18)20(26)15-7-3-2-4-8-15/h2-4,7-8,10-11,13,18H,5-6,9,12H2,1H3,(H,21,22)/t18-/m0/s1. The van der Waals surface area contributed by atoms with Gasteiger partial charge in [0.1, 0.15) is 11.5 Å². The van der Waals surface area contributed by atoms with Crippen LogP contribution in [-0.2, 0) is 0 Å². The van der Waals surface area contributed by atoms with Crippen molar-refractivity contribution in [2.24, 2.45) is 0 Å². The van der Waals surface area contributed by atoms with Gasteiger partial charge in [-0.2, -0.15) is 0 Å². The van der Waals surface area contributed by atoms with E-state index in [1.54, 1.807) is 12.4 Å². The van der Waals surface area contributed by atoms with Gasteiger partial charge in [0.25, 0.3) is 5.91 Å². The van der Waals surface area contributed by atoms with Gasteiger partial charge in [-0.1, -0.05) is 18.2 Å². The number of benzene rings is 1. The number of aromatic amines is 1. The number of hydrogen-bond donors (Lipinski definition) is 1. The molecule has 26 heavy (non-hydrogen) atoms. The zero-order valence-corrected chi connectivity index (χ0v) is 14.7. The van der Waals surface area contributed by atoms with Gasteiger partial charge in [0.15, 0.2) is 5.82 Å². The zero-order valence-electron chi connectivity index (χ0n) is 14.7. The molecule has 0 radical (unpaired) electrons. The molecular weight excluding hydrogens is 326 g/mol. The van der Waals surface area contributed by atoms with Crippen LogP contribution >= 0.6 is 0 Å². The maximum Gasteiger partial charge on any atom is 0.254 e. The third kappa shape index (κ3) is 3.22. The van der Waals surface area contributed by atoms with Crippen molar-refractivity contribution in [3.63, 3.8) is 0 Å². The minimum Gasteiger partial charge on any atom is -0.343 e. The van der Waals surface area contributed by atoms with E-state index in [9.17, 15) is 4.79 Å². The van der Waals surface area contributed by atoms with E-state index in [2.05, 4.69) is 19.9 Å². The summed E-state index contributed by atoms with van der Waals surface area (Å²) >= 11 is 0. The molecule has 6 heteroatoms. The molecule has 3 heterocycles. The highest BCUT2D eigenvalue weighted by Crippen LogP contribution is 2.32. The predicted octanol–water partition coefficient (Wildman–Crippen LogP) is 3.54. The summed E-state index contributed by atoms with van der Waals surface area (Å²) in [6, 6.07) is 11.4. The van der Waals surface area contributed by atoms with E-state index in [1.165, 1.54) is 0 Å². The molecule has 1 aliphatic rings. The van der Waals surface area contributed by atoms with Crippen molar-refractivity contribution in [1.82, 2.24) is 24.8 Å². The Morgan fingerprint density at radius 2 is 2.04 bits per heavy atom. The van der Waals surface area contributed by atoms with Crippen molar-refractivity contribution < 1.29 is 4.79 Å². The largest absolute Gasteiger partial charge is 0.343 e. The molecule has 1 amide bonds. The van der Waals surface area contributed by atoms with Gasteiger partial charge in [0.2, 0.25) is 0 Å². The molecule has 1 aromatic carbocycles. The number of likely N-dealkylation sites (tertiary alicyclic amines) is 1. The lowest BCUT2D eigenvalue weighted by Crippen LogP contribution is -2.39. The highest BCUT2D eigenvalue weighted by molar-refractivity contribution is 5.94. The van der Waals surface area contributed by atoms with Crippen LogP contribution in [0.25, 0.3) is 11.5 Å². The van der Waals surface area contributed by atoms with Crippen LogP contribution in [0.15, 0.2) is 48.8 Å². The molecule has 1 N–H and O–H groups in total. The number of aromatic nitrogens is 4. The summed E-state index contributed by atoms with van der Waals surface area (Å²) in [6.45, 7) is 2.62. The molecular formula is C20H21N5O. The van der Waals surface area contributed by atoms with Gasteiger partial charge < -0.3 is 9.88 Å². The second-order valence-corrected chi connectivity index (χ2v) is 6.54. The number of carbonyl (C=O) groups excluding carboxylic acids is 1. The second-order valence-electron chi connectivity index (χ2n) is 6.54. The van der Waals surface area contributed by atoms with E-state index >= 15 is 0 Å². The van der Waals surface area contributed by atoms with Crippen molar-refractivity contribution in [1.29, 1.82) is 0 Å². The van der Waals surface area contributed by atoms with Crippen molar-refractivity contribution >= 4 is 5.91 Å². The quantitative estimate of drug-likeness (QED) is 0.786. The van der Waals surface area contributed by atoms with Gasteiger partial charge in [0.05, 0.1) is 11.7 Å². The number of aryl methyl sites for hydroxylation is 1.